The lowest BCUT2D eigenvalue weighted by Crippen LogP contribution is -2.23. The van der Waals surface area contributed by atoms with Crippen LogP contribution in [0.4, 0.5) is 5.69 Å². The van der Waals surface area contributed by atoms with Gasteiger partial charge in [0.25, 0.3) is 0 Å². The summed E-state index contributed by atoms with van der Waals surface area (Å²) in [5, 5.41) is 2.11. The fourth-order valence-electron chi connectivity index (χ4n) is 1.28. The highest BCUT2D eigenvalue weighted by atomic mass is 35.5. The van der Waals surface area contributed by atoms with Gasteiger partial charge in [-0.1, -0.05) is 12.1 Å². The lowest BCUT2D eigenvalue weighted by atomic mass is 10.1. The van der Waals surface area contributed by atoms with Gasteiger partial charge in [-0.05, 0) is 24.6 Å². The number of nitrogens with zero attached hydrogens (tertiary/aromatic N) is 1. The molecule has 0 saturated heterocycles. The lowest BCUT2D eigenvalue weighted by Gasteiger charge is -2.11. The summed E-state index contributed by atoms with van der Waals surface area (Å²) in [5.74, 6) is -0.199. The van der Waals surface area contributed by atoms with E-state index in [0.29, 0.717) is 12.1 Å². The fourth-order valence-corrected chi connectivity index (χ4v) is 1.33. The third kappa shape index (κ3) is 4.37. The van der Waals surface area contributed by atoms with Gasteiger partial charge < -0.3 is 10.2 Å². The van der Waals surface area contributed by atoms with Crippen LogP contribution in [0.15, 0.2) is 24.3 Å². The summed E-state index contributed by atoms with van der Waals surface area (Å²) in [6, 6.07) is 7.15. The predicted molar refractivity (Wildman–Crippen MR) is 72.8 cm³/mol. The van der Waals surface area contributed by atoms with Crippen LogP contribution in [-0.2, 0) is 16.0 Å². The van der Waals surface area contributed by atoms with Gasteiger partial charge in [0.05, 0.1) is 6.42 Å². The number of nitrogens with one attached hydrogen (secondary N) is 1. The largest absolute Gasteiger partial charge is 0.349 e. The van der Waals surface area contributed by atoms with E-state index in [1.807, 2.05) is 12.1 Å². The Kier molecular flexibility index (Phi) is 5.16. The van der Waals surface area contributed by atoms with Crippen molar-refractivity contribution in [3.05, 3.63) is 29.8 Å². The van der Waals surface area contributed by atoms with Crippen LogP contribution in [0.25, 0.3) is 0 Å². The number of halogens is 1. The number of hydrogen-bond acceptors (Lipinski definition) is 2. The van der Waals surface area contributed by atoms with Crippen LogP contribution in [-0.4, -0.2) is 36.2 Å². The van der Waals surface area contributed by atoms with Crippen LogP contribution in [0.3, 0.4) is 0 Å². The first kappa shape index (κ1) is 14.5. The standard InChI is InChI=1S/C13H17ClN2O2/c1-9(14)13(18)15-11-6-4-10(5-7-11)8-12(17)16(2)3/h4-7,9H,8H2,1-3H3,(H,15,18). The minimum atomic E-state index is -0.569. The molecule has 0 saturated carbocycles. The van der Waals surface area contributed by atoms with Gasteiger partial charge in [0, 0.05) is 19.8 Å². The molecule has 4 nitrogen and oxygen atoms in total. The van der Waals surface area contributed by atoms with E-state index in [0.717, 1.165) is 5.56 Å². The van der Waals surface area contributed by atoms with E-state index in [1.54, 1.807) is 38.1 Å². The highest BCUT2D eigenvalue weighted by Gasteiger charge is 2.09. The van der Waals surface area contributed by atoms with Gasteiger partial charge in [0.2, 0.25) is 11.8 Å². The van der Waals surface area contributed by atoms with Gasteiger partial charge >= 0.3 is 0 Å². The summed E-state index contributed by atoms with van der Waals surface area (Å²) < 4.78 is 0. The van der Waals surface area contributed by atoms with E-state index in [-0.39, 0.29) is 11.8 Å². The van der Waals surface area contributed by atoms with Gasteiger partial charge in [-0.25, -0.2) is 0 Å². The number of benzene rings is 1. The fraction of sp³-hybridized carbons (Fsp3) is 0.385. The molecule has 0 aliphatic heterocycles. The van der Waals surface area contributed by atoms with E-state index in [2.05, 4.69) is 5.32 Å². The molecular formula is C13H17ClN2O2. The number of alkyl halides is 1. The Bertz CT molecular complexity index is 386. The Morgan fingerprint density at radius 1 is 1.28 bits per heavy atom. The second-order valence-corrected chi connectivity index (χ2v) is 4.92. The van der Waals surface area contributed by atoms with Crippen molar-refractivity contribution in [3.8, 4) is 0 Å². The molecular weight excluding hydrogens is 252 g/mol. The molecule has 0 radical (unpaired) electrons. The Morgan fingerprint density at radius 3 is 2.28 bits per heavy atom. The van der Waals surface area contributed by atoms with Crippen molar-refractivity contribution in [1.29, 1.82) is 0 Å². The first-order valence-electron chi connectivity index (χ1n) is 5.64. The average molecular weight is 269 g/mol. The Morgan fingerprint density at radius 2 is 1.83 bits per heavy atom. The van der Waals surface area contributed by atoms with E-state index in [9.17, 15) is 9.59 Å². The van der Waals surface area contributed by atoms with Gasteiger partial charge in [-0.3, -0.25) is 9.59 Å². The lowest BCUT2D eigenvalue weighted by molar-refractivity contribution is -0.128. The molecule has 0 aliphatic carbocycles. The van der Waals surface area contributed by atoms with Crippen molar-refractivity contribution >= 4 is 29.1 Å². The second-order valence-electron chi connectivity index (χ2n) is 4.27. The Balaban J connectivity index is 2.63. The minimum Gasteiger partial charge on any atom is -0.349 e. The number of anilines is 1. The van der Waals surface area contributed by atoms with Crippen molar-refractivity contribution in [2.45, 2.75) is 18.7 Å². The van der Waals surface area contributed by atoms with Crippen LogP contribution in [0.2, 0.25) is 0 Å². The molecule has 1 aromatic rings. The first-order valence-corrected chi connectivity index (χ1v) is 6.08. The van der Waals surface area contributed by atoms with E-state index >= 15 is 0 Å². The van der Waals surface area contributed by atoms with E-state index < -0.39 is 5.38 Å². The van der Waals surface area contributed by atoms with Crippen LogP contribution in [0, 0.1) is 0 Å². The van der Waals surface area contributed by atoms with Crippen molar-refractivity contribution in [1.82, 2.24) is 4.90 Å². The predicted octanol–water partition coefficient (Wildman–Crippen LogP) is 1.88. The summed E-state index contributed by atoms with van der Waals surface area (Å²) in [7, 11) is 3.44. The van der Waals surface area contributed by atoms with Crippen molar-refractivity contribution in [2.24, 2.45) is 0 Å². The Hall–Kier alpha value is -1.55. The van der Waals surface area contributed by atoms with Crippen LogP contribution in [0.5, 0.6) is 0 Å². The number of amides is 2. The summed E-state index contributed by atoms with van der Waals surface area (Å²) >= 11 is 5.65. The maximum absolute atomic E-state index is 11.5. The summed E-state index contributed by atoms with van der Waals surface area (Å²) in [5.41, 5.74) is 1.58. The summed E-state index contributed by atoms with van der Waals surface area (Å²) in [6.07, 6.45) is 0.354. The maximum Gasteiger partial charge on any atom is 0.242 e. The van der Waals surface area contributed by atoms with Crippen LogP contribution >= 0.6 is 11.6 Å². The molecule has 1 rings (SSSR count). The summed E-state index contributed by atoms with van der Waals surface area (Å²) in [4.78, 5) is 24.4. The number of rotatable bonds is 4. The van der Waals surface area contributed by atoms with Crippen molar-refractivity contribution in [3.63, 3.8) is 0 Å². The minimum absolute atomic E-state index is 0.0427. The highest BCUT2D eigenvalue weighted by Crippen LogP contribution is 2.11. The number of carbonyl (C=O) groups excluding carboxylic acids is 2. The molecule has 0 heterocycles. The smallest absolute Gasteiger partial charge is 0.242 e. The zero-order chi connectivity index (χ0) is 13.7. The van der Waals surface area contributed by atoms with Gasteiger partial charge in [0.1, 0.15) is 5.38 Å². The summed E-state index contributed by atoms with van der Waals surface area (Å²) in [6.45, 7) is 1.61. The highest BCUT2D eigenvalue weighted by molar-refractivity contribution is 6.32. The topological polar surface area (TPSA) is 49.4 Å². The molecule has 2 amide bonds. The zero-order valence-corrected chi connectivity index (χ0v) is 11.5. The van der Waals surface area contributed by atoms with Gasteiger partial charge in [0.15, 0.2) is 0 Å². The SMILES string of the molecule is CC(Cl)C(=O)Nc1ccc(CC(=O)N(C)C)cc1. The molecule has 0 aromatic heterocycles. The molecule has 0 spiro atoms. The van der Waals surface area contributed by atoms with Crippen molar-refractivity contribution in [2.75, 3.05) is 19.4 Å². The molecule has 98 valence electrons. The molecule has 1 aromatic carbocycles. The van der Waals surface area contributed by atoms with E-state index in [4.69, 9.17) is 11.6 Å². The molecule has 1 N–H and O–H groups in total. The third-order valence-electron chi connectivity index (χ3n) is 2.44. The zero-order valence-electron chi connectivity index (χ0n) is 10.7. The molecule has 1 unspecified atom stereocenters. The van der Waals surface area contributed by atoms with Crippen LogP contribution in [0.1, 0.15) is 12.5 Å². The molecule has 18 heavy (non-hydrogen) atoms. The maximum atomic E-state index is 11.5. The van der Waals surface area contributed by atoms with E-state index in [1.165, 1.54) is 0 Å². The van der Waals surface area contributed by atoms with Gasteiger partial charge in [-0.15, -0.1) is 11.6 Å². The van der Waals surface area contributed by atoms with Crippen LogP contribution < -0.4 is 5.32 Å². The quantitative estimate of drug-likeness (QED) is 0.848. The molecule has 0 bridgehead atoms. The van der Waals surface area contributed by atoms with Gasteiger partial charge in [-0.2, -0.15) is 0 Å². The normalized spacial score (nSPS) is 11.8. The number of likely N-dealkylation sites (N-methyl/N-ethyl adjacent to an activating group) is 1. The number of hydrogen-bond donors (Lipinski definition) is 1. The second kappa shape index (κ2) is 6.40. The average Bonchev–Trinajstić information content (AvgIpc) is 2.31. The van der Waals surface area contributed by atoms with Crippen molar-refractivity contribution < 1.29 is 9.59 Å². The monoisotopic (exact) mass is 268 g/mol. The molecule has 5 heteroatoms. The third-order valence-corrected chi connectivity index (χ3v) is 2.64. The molecule has 0 aliphatic rings. The Labute approximate surface area is 112 Å². The molecule has 1 atom stereocenters. The molecule has 0 fully saturated rings. The number of carbonyl (C=O) groups is 2. The first-order chi connectivity index (χ1) is 8.40.